The summed E-state index contributed by atoms with van der Waals surface area (Å²) in [6, 6.07) is 3.01. The van der Waals surface area contributed by atoms with Gasteiger partial charge in [-0.15, -0.1) is 11.3 Å². The number of nitrogens with two attached hydrogens (primary N) is 1. The Labute approximate surface area is 146 Å². The van der Waals surface area contributed by atoms with Gasteiger partial charge in [0.05, 0.1) is 30.3 Å². The van der Waals surface area contributed by atoms with E-state index in [1.807, 2.05) is 12.4 Å². The molecule has 3 unspecified atom stereocenters. The van der Waals surface area contributed by atoms with Gasteiger partial charge in [-0.25, -0.2) is 0 Å². The number of carbonyl (C=O) groups is 1. The van der Waals surface area contributed by atoms with Gasteiger partial charge in [0.25, 0.3) is 5.91 Å². The molecule has 5 N–H and O–H groups in total. The number of halogens is 3. The predicted molar refractivity (Wildman–Crippen MR) is 86.0 cm³/mol. The molecule has 3 atom stereocenters. The first-order valence-corrected chi connectivity index (χ1v) is 8.42. The lowest BCUT2D eigenvalue weighted by atomic mass is 10.2. The molecule has 0 radical (unpaired) electrons. The molecule has 1 amide bonds. The number of aliphatic hydroxyl groups is 1. The van der Waals surface area contributed by atoms with Crippen LogP contribution in [0.25, 0.3) is 0 Å². The van der Waals surface area contributed by atoms with E-state index in [2.05, 4.69) is 10.2 Å². The zero-order chi connectivity index (χ0) is 18.6. The lowest BCUT2D eigenvalue weighted by molar-refractivity contribution is -0.215. The summed E-state index contributed by atoms with van der Waals surface area (Å²) in [7, 11) is 1.94. The first-order chi connectivity index (χ1) is 11.7. The maximum absolute atomic E-state index is 12.3. The molecule has 2 rings (SSSR count). The normalized spacial score (nSPS) is 21.8. The Morgan fingerprint density at radius 1 is 1.56 bits per heavy atom. The molecule has 142 valence electrons. The summed E-state index contributed by atoms with van der Waals surface area (Å²) >= 11 is 0.966. The van der Waals surface area contributed by atoms with E-state index < -0.39 is 18.6 Å². The Kier molecular flexibility index (Phi) is 6.77. The Hall–Kier alpha value is -1.24. The minimum absolute atomic E-state index is 0.0722. The molecule has 1 aromatic heterocycles. The predicted octanol–water partition coefficient (Wildman–Crippen LogP) is 0.236. The largest absolute Gasteiger partial charge is 0.428 e. The molecule has 25 heavy (non-hydrogen) atoms. The van der Waals surface area contributed by atoms with Crippen LogP contribution in [0, 0.1) is 0 Å². The molecule has 0 saturated carbocycles. The number of likely N-dealkylation sites (N-methyl/N-ethyl adjacent to an activating group) is 1. The molecular weight excluding hydrogens is 361 g/mol. The van der Waals surface area contributed by atoms with Crippen molar-refractivity contribution in [1.29, 1.82) is 0 Å². The number of nitrogens with zero attached hydrogens (tertiary/aromatic N) is 1. The average Bonchev–Trinajstić information content (AvgIpc) is 3.03. The highest BCUT2D eigenvalue weighted by atomic mass is 32.1. The SMILES string of the molecule is CN1CCOCC1CNC(=O)c1ccc(C(N)NC(O)C(F)(F)F)s1. The molecule has 1 aliphatic rings. The van der Waals surface area contributed by atoms with E-state index >= 15 is 0 Å². The topological polar surface area (TPSA) is 99.9 Å². The van der Waals surface area contributed by atoms with Crippen molar-refractivity contribution in [2.75, 3.05) is 33.4 Å². The second-order valence-corrected chi connectivity index (χ2v) is 6.83. The number of alkyl halides is 3. The number of nitrogens with one attached hydrogen (secondary N) is 2. The molecular formula is C14H21F3N4O3S. The quantitative estimate of drug-likeness (QED) is 0.526. The molecule has 1 fully saturated rings. The maximum atomic E-state index is 12.3. The summed E-state index contributed by atoms with van der Waals surface area (Å²) in [5.74, 6) is -0.334. The van der Waals surface area contributed by atoms with Crippen molar-refractivity contribution in [1.82, 2.24) is 15.5 Å². The Morgan fingerprint density at radius 2 is 2.28 bits per heavy atom. The van der Waals surface area contributed by atoms with Gasteiger partial charge in [0.15, 0.2) is 0 Å². The van der Waals surface area contributed by atoms with E-state index in [0.29, 0.717) is 29.5 Å². The number of hydrogen-bond acceptors (Lipinski definition) is 7. The Bertz CT molecular complexity index is 584. The Morgan fingerprint density at radius 3 is 2.92 bits per heavy atom. The van der Waals surface area contributed by atoms with Crippen LogP contribution < -0.4 is 16.4 Å². The van der Waals surface area contributed by atoms with Crippen molar-refractivity contribution >= 4 is 17.2 Å². The second-order valence-electron chi connectivity index (χ2n) is 5.71. The minimum Gasteiger partial charge on any atom is -0.378 e. The molecule has 11 heteroatoms. The van der Waals surface area contributed by atoms with E-state index in [0.717, 1.165) is 17.9 Å². The van der Waals surface area contributed by atoms with Crippen LogP contribution in [-0.2, 0) is 4.74 Å². The van der Waals surface area contributed by atoms with Crippen LogP contribution >= 0.6 is 11.3 Å². The summed E-state index contributed by atoms with van der Waals surface area (Å²) in [4.78, 5) is 14.9. The van der Waals surface area contributed by atoms with Gasteiger partial charge in [-0.2, -0.15) is 13.2 Å². The average molecular weight is 382 g/mol. The zero-order valence-electron chi connectivity index (χ0n) is 13.5. The molecule has 2 heterocycles. The number of aliphatic hydroxyl groups excluding tert-OH is 1. The summed E-state index contributed by atoms with van der Waals surface area (Å²) < 4.78 is 42.3. The lowest BCUT2D eigenvalue weighted by Crippen LogP contribution is -2.49. The molecule has 1 saturated heterocycles. The number of hydrogen-bond donors (Lipinski definition) is 4. The van der Waals surface area contributed by atoms with Gasteiger partial charge in [0.1, 0.15) is 0 Å². The number of carbonyl (C=O) groups excluding carboxylic acids is 1. The highest BCUT2D eigenvalue weighted by molar-refractivity contribution is 7.14. The summed E-state index contributed by atoms with van der Waals surface area (Å²) in [6.07, 6.45) is -8.78. The van der Waals surface area contributed by atoms with Gasteiger partial charge in [-0.1, -0.05) is 0 Å². The number of ether oxygens (including phenoxy) is 1. The summed E-state index contributed by atoms with van der Waals surface area (Å²) in [6.45, 7) is 2.37. The van der Waals surface area contributed by atoms with Crippen LogP contribution in [0.3, 0.4) is 0 Å². The molecule has 1 aromatic rings. The number of morpholine rings is 1. The van der Waals surface area contributed by atoms with E-state index in [-0.39, 0.29) is 11.9 Å². The van der Waals surface area contributed by atoms with Crippen molar-refractivity contribution < 1.29 is 27.8 Å². The van der Waals surface area contributed by atoms with Crippen molar-refractivity contribution in [3.05, 3.63) is 21.9 Å². The van der Waals surface area contributed by atoms with Crippen LogP contribution in [0.4, 0.5) is 13.2 Å². The molecule has 0 aliphatic carbocycles. The van der Waals surface area contributed by atoms with Gasteiger partial charge in [-0.05, 0) is 19.2 Å². The molecule has 0 bridgehead atoms. The highest BCUT2D eigenvalue weighted by Gasteiger charge is 2.39. The highest BCUT2D eigenvalue weighted by Crippen LogP contribution is 2.24. The van der Waals surface area contributed by atoms with Crippen LogP contribution in [0.5, 0.6) is 0 Å². The summed E-state index contributed by atoms with van der Waals surface area (Å²) in [5, 5.41) is 13.6. The van der Waals surface area contributed by atoms with Gasteiger partial charge < -0.3 is 20.9 Å². The van der Waals surface area contributed by atoms with Gasteiger partial charge in [0, 0.05) is 18.0 Å². The fourth-order valence-corrected chi connectivity index (χ4v) is 3.12. The number of rotatable bonds is 6. The lowest BCUT2D eigenvalue weighted by Gasteiger charge is -2.32. The fraction of sp³-hybridized carbons (Fsp3) is 0.643. The van der Waals surface area contributed by atoms with E-state index in [4.69, 9.17) is 15.6 Å². The van der Waals surface area contributed by atoms with Crippen molar-refractivity contribution in [3.8, 4) is 0 Å². The number of thiophene rings is 1. The first kappa shape index (κ1) is 20.1. The van der Waals surface area contributed by atoms with Crippen LogP contribution in [-0.4, -0.2) is 67.7 Å². The molecule has 0 spiro atoms. The fourth-order valence-electron chi connectivity index (χ4n) is 2.24. The first-order valence-electron chi connectivity index (χ1n) is 7.61. The maximum Gasteiger partial charge on any atom is 0.428 e. The Balaban J connectivity index is 1.88. The molecule has 7 nitrogen and oxygen atoms in total. The summed E-state index contributed by atoms with van der Waals surface area (Å²) in [5.41, 5.74) is 5.60. The number of amides is 1. The van der Waals surface area contributed by atoms with Gasteiger partial charge in [0.2, 0.25) is 6.23 Å². The van der Waals surface area contributed by atoms with Crippen LogP contribution in [0.15, 0.2) is 12.1 Å². The second kappa shape index (κ2) is 8.43. The molecule has 1 aliphatic heterocycles. The van der Waals surface area contributed by atoms with Crippen molar-refractivity contribution in [3.63, 3.8) is 0 Å². The third kappa shape index (κ3) is 5.62. The van der Waals surface area contributed by atoms with Crippen molar-refractivity contribution in [2.45, 2.75) is 24.6 Å². The van der Waals surface area contributed by atoms with Crippen molar-refractivity contribution in [2.24, 2.45) is 5.73 Å². The van der Waals surface area contributed by atoms with E-state index in [9.17, 15) is 18.0 Å². The van der Waals surface area contributed by atoms with Crippen LogP contribution in [0.2, 0.25) is 0 Å². The third-order valence-electron chi connectivity index (χ3n) is 3.82. The van der Waals surface area contributed by atoms with Gasteiger partial charge in [-0.3, -0.25) is 15.0 Å². The monoisotopic (exact) mass is 382 g/mol. The molecule has 0 aromatic carbocycles. The minimum atomic E-state index is -4.82. The van der Waals surface area contributed by atoms with Crippen LogP contribution in [0.1, 0.15) is 20.7 Å². The van der Waals surface area contributed by atoms with Gasteiger partial charge >= 0.3 is 6.18 Å². The zero-order valence-corrected chi connectivity index (χ0v) is 14.4. The van der Waals surface area contributed by atoms with E-state index in [1.165, 1.54) is 12.1 Å². The third-order valence-corrected chi connectivity index (χ3v) is 4.99. The standard InChI is InChI=1S/C14H21F3N4O3S/c1-21-4-5-24-7-8(21)6-19-12(22)10-3-2-9(25-10)11(18)20-13(23)14(15,16)17/h2-3,8,11,13,20,23H,4-7,18H2,1H3,(H,19,22). The van der Waals surface area contributed by atoms with E-state index in [1.54, 1.807) is 0 Å². The smallest absolute Gasteiger partial charge is 0.378 e.